The molecule has 0 spiro atoms. The maximum absolute atomic E-state index is 12.7. The zero-order valence-corrected chi connectivity index (χ0v) is 17.1. The van der Waals surface area contributed by atoms with Gasteiger partial charge in [0, 0.05) is 30.6 Å². The van der Waals surface area contributed by atoms with Gasteiger partial charge in [-0.1, -0.05) is 30.3 Å². The molecule has 0 atom stereocenters. The van der Waals surface area contributed by atoms with Crippen LogP contribution in [0.15, 0.2) is 42.7 Å². The molecule has 1 saturated heterocycles. The third kappa shape index (κ3) is 4.25. The third-order valence-corrected chi connectivity index (χ3v) is 6.24. The van der Waals surface area contributed by atoms with Crippen molar-refractivity contribution < 1.29 is 4.79 Å². The van der Waals surface area contributed by atoms with E-state index < -0.39 is 0 Å². The molecule has 146 valence electrons. The highest BCUT2D eigenvalue weighted by molar-refractivity contribution is 7.15. The second-order valence-electron chi connectivity index (χ2n) is 7.34. The van der Waals surface area contributed by atoms with Crippen molar-refractivity contribution in [3.8, 4) is 0 Å². The van der Waals surface area contributed by atoms with Gasteiger partial charge in [0.2, 0.25) is 0 Å². The van der Waals surface area contributed by atoms with Crippen molar-refractivity contribution in [1.29, 1.82) is 0 Å². The minimum Gasteiger partial charge on any atom is -0.324 e. The number of carbonyl (C=O) groups is 1. The van der Waals surface area contributed by atoms with E-state index in [1.54, 1.807) is 11.3 Å². The van der Waals surface area contributed by atoms with Crippen molar-refractivity contribution in [3.63, 3.8) is 0 Å². The van der Waals surface area contributed by atoms with Gasteiger partial charge in [-0.15, -0.1) is 11.3 Å². The average molecular weight is 396 g/mol. The van der Waals surface area contributed by atoms with Gasteiger partial charge in [-0.05, 0) is 37.8 Å². The van der Waals surface area contributed by atoms with Crippen molar-refractivity contribution in [2.75, 3.05) is 18.4 Å². The zero-order chi connectivity index (χ0) is 19.5. The number of carbonyl (C=O) groups excluding carboxylic acids is 1. The number of urea groups is 1. The highest BCUT2D eigenvalue weighted by Crippen LogP contribution is 2.27. The molecule has 2 aromatic heterocycles. The fraction of sp³-hybridized carbons (Fsp3) is 0.381. The van der Waals surface area contributed by atoms with E-state index in [0.29, 0.717) is 11.2 Å². The van der Waals surface area contributed by atoms with E-state index in [9.17, 15) is 4.79 Å². The molecule has 0 aliphatic carbocycles. The van der Waals surface area contributed by atoms with Gasteiger partial charge in [0.1, 0.15) is 0 Å². The van der Waals surface area contributed by atoms with Crippen LogP contribution in [-0.2, 0) is 6.42 Å². The number of hydrogen-bond acceptors (Lipinski definition) is 4. The first-order valence-corrected chi connectivity index (χ1v) is 10.5. The van der Waals surface area contributed by atoms with Gasteiger partial charge in [-0.2, -0.15) is 5.10 Å². The predicted octanol–water partition coefficient (Wildman–Crippen LogP) is 4.42. The Labute approximate surface area is 169 Å². The zero-order valence-electron chi connectivity index (χ0n) is 16.3. The summed E-state index contributed by atoms with van der Waals surface area (Å²) in [6.07, 6.45) is 6.65. The lowest BCUT2D eigenvalue weighted by Crippen LogP contribution is -2.41. The minimum atomic E-state index is -0.0601. The van der Waals surface area contributed by atoms with Gasteiger partial charge in [-0.25, -0.2) is 9.78 Å². The SMILES string of the molecule is Cc1cnn(C2CCN(C(=O)Nc3nc(C)c(Cc4ccccc4)s3)CC2)c1. The van der Waals surface area contributed by atoms with Crippen LogP contribution in [0.4, 0.5) is 9.93 Å². The summed E-state index contributed by atoms with van der Waals surface area (Å²) in [5.74, 6) is 0. The molecule has 0 bridgehead atoms. The maximum Gasteiger partial charge on any atom is 0.323 e. The Kier molecular flexibility index (Phi) is 5.43. The minimum absolute atomic E-state index is 0.0601. The van der Waals surface area contributed by atoms with E-state index in [1.165, 1.54) is 16.0 Å². The van der Waals surface area contributed by atoms with Crippen LogP contribution in [0.3, 0.4) is 0 Å². The number of aromatic nitrogens is 3. The molecular weight excluding hydrogens is 370 g/mol. The van der Waals surface area contributed by atoms with E-state index in [-0.39, 0.29) is 6.03 Å². The van der Waals surface area contributed by atoms with Crippen LogP contribution in [0.1, 0.15) is 40.6 Å². The maximum atomic E-state index is 12.7. The number of nitrogens with zero attached hydrogens (tertiary/aromatic N) is 4. The molecule has 28 heavy (non-hydrogen) atoms. The van der Waals surface area contributed by atoms with Crippen molar-refractivity contribution in [2.45, 2.75) is 39.2 Å². The van der Waals surface area contributed by atoms with E-state index in [1.807, 2.05) is 47.8 Å². The summed E-state index contributed by atoms with van der Waals surface area (Å²) in [7, 11) is 0. The Morgan fingerprint density at radius 3 is 2.64 bits per heavy atom. The Morgan fingerprint density at radius 2 is 1.96 bits per heavy atom. The number of thiazole rings is 1. The van der Waals surface area contributed by atoms with E-state index >= 15 is 0 Å². The van der Waals surface area contributed by atoms with Gasteiger partial charge < -0.3 is 4.90 Å². The van der Waals surface area contributed by atoms with Gasteiger partial charge in [-0.3, -0.25) is 10.00 Å². The topological polar surface area (TPSA) is 63.1 Å². The summed E-state index contributed by atoms with van der Waals surface area (Å²) in [6.45, 7) is 5.52. The number of piperidine rings is 1. The van der Waals surface area contributed by atoms with Gasteiger partial charge in [0.05, 0.1) is 17.9 Å². The summed E-state index contributed by atoms with van der Waals surface area (Å²) in [5, 5.41) is 8.08. The molecule has 3 heterocycles. The molecule has 1 aromatic carbocycles. The normalized spacial score (nSPS) is 15.0. The third-order valence-electron chi connectivity index (χ3n) is 5.17. The fourth-order valence-corrected chi connectivity index (χ4v) is 4.55. The standard InChI is InChI=1S/C21H25N5OS/c1-15-13-22-26(14-15)18-8-10-25(11-9-18)21(27)24-20-23-16(2)19(28-20)12-17-6-4-3-5-7-17/h3-7,13-14,18H,8-12H2,1-2H3,(H,23,24,27). The molecule has 6 nitrogen and oxygen atoms in total. The van der Waals surface area contributed by atoms with Crippen LogP contribution in [0.5, 0.6) is 0 Å². The number of rotatable bonds is 4. The Morgan fingerprint density at radius 1 is 1.21 bits per heavy atom. The van der Waals surface area contributed by atoms with Gasteiger partial charge in [0.15, 0.2) is 5.13 Å². The number of benzene rings is 1. The molecule has 2 amide bonds. The number of hydrogen-bond donors (Lipinski definition) is 1. The number of likely N-dealkylation sites (tertiary alicyclic amines) is 1. The Balaban J connectivity index is 1.33. The molecule has 1 aliphatic rings. The number of aryl methyl sites for hydroxylation is 2. The van der Waals surface area contributed by atoms with Crippen molar-refractivity contribution in [3.05, 3.63) is 64.4 Å². The molecule has 0 radical (unpaired) electrons. The second-order valence-corrected chi connectivity index (χ2v) is 8.42. The highest BCUT2D eigenvalue weighted by Gasteiger charge is 2.25. The van der Waals surface area contributed by atoms with Crippen LogP contribution < -0.4 is 5.32 Å². The number of nitrogens with one attached hydrogen (secondary N) is 1. The van der Waals surface area contributed by atoms with E-state index in [4.69, 9.17) is 0 Å². The molecule has 0 unspecified atom stereocenters. The molecule has 7 heteroatoms. The first-order chi connectivity index (χ1) is 13.6. The van der Waals surface area contributed by atoms with Crippen LogP contribution in [0.2, 0.25) is 0 Å². The van der Waals surface area contributed by atoms with Crippen molar-refractivity contribution >= 4 is 22.5 Å². The second kappa shape index (κ2) is 8.14. The highest BCUT2D eigenvalue weighted by atomic mass is 32.1. The van der Waals surface area contributed by atoms with Gasteiger partial charge >= 0.3 is 6.03 Å². The molecule has 1 N–H and O–H groups in total. The van der Waals surface area contributed by atoms with Crippen LogP contribution in [0, 0.1) is 13.8 Å². The Bertz CT molecular complexity index is 941. The van der Waals surface area contributed by atoms with E-state index in [2.05, 4.69) is 33.7 Å². The summed E-state index contributed by atoms with van der Waals surface area (Å²) in [5.41, 5.74) is 3.41. The van der Waals surface area contributed by atoms with E-state index in [0.717, 1.165) is 38.0 Å². The van der Waals surface area contributed by atoms with Crippen LogP contribution >= 0.6 is 11.3 Å². The van der Waals surface area contributed by atoms with Crippen molar-refractivity contribution in [1.82, 2.24) is 19.7 Å². The first kappa shape index (κ1) is 18.7. The fourth-order valence-electron chi connectivity index (χ4n) is 3.56. The molecule has 1 fully saturated rings. The lowest BCUT2D eigenvalue weighted by atomic mass is 10.1. The predicted molar refractivity (Wildman–Crippen MR) is 112 cm³/mol. The number of amides is 2. The van der Waals surface area contributed by atoms with Crippen molar-refractivity contribution in [2.24, 2.45) is 0 Å². The summed E-state index contributed by atoms with van der Waals surface area (Å²) in [6, 6.07) is 10.6. The smallest absolute Gasteiger partial charge is 0.323 e. The van der Waals surface area contributed by atoms with Gasteiger partial charge in [0.25, 0.3) is 0 Å². The lowest BCUT2D eigenvalue weighted by molar-refractivity contribution is 0.180. The molecule has 0 saturated carbocycles. The number of anilines is 1. The Hall–Kier alpha value is -2.67. The van der Waals surface area contributed by atoms with Crippen LogP contribution in [-0.4, -0.2) is 38.8 Å². The summed E-state index contributed by atoms with van der Waals surface area (Å²) >= 11 is 1.56. The summed E-state index contributed by atoms with van der Waals surface area (Å²) < 4.78 is 2.03. The summed E-state index contributed by atoms with van der Waals surface area (Å²) in [4.78, 5) is 20.3. The molecular formula is C21H25N5OS. The lowest BCUT2D eigenvalue weighted by Gasteiger charge is -2.31. The first-order valence-electron chi connectivity index (χ1n) is 9.65. The molecule has 3 aromatic rings. The molecule has 1 aliphatic heterocycles. The largest absolute Gasteiger partial charge is 0.324 e. The van der Waals surface area contributed by atoms with Crippen LogP contribution in [0.25, 0.3) is 0 Å². The quantitative estimate of drug-likeness (QED) is 0.711. The monoisotopic (exact) mass is 395 g/mol. The average Bonchev–Trinajstić information content (AvgIpc) is 3.28. The molecule has 4 rings (SSSR count).